The van der Waals surface area contributed by atoms with Crippen LogP contribution >= 0.6 is 0 Å². The lowest BCUT2D eigenvalue weighted by molar-refractivity contribution is -0.141. The topological polar surface area (TPSA) is 176 Å². The summed E-state index contributed by atoms with van der Waals surface area (Å²) in [5.41, 5.74) is 7.36. The van der Waals surface area contributed by atoms with Crippen LogP contribution in [0.25, 0.3) is 0 Å². The van der Waals surface area contributed by atoms with Crippen molar-refractivity contribution in [2.24, 2.45) is 5.73 Å². The molecule has 0 aromatic carbocycles. The molecule has 32 heavy (non-hydrogen) atoms. The Kier molecular flexibility index (Phi) is 9.22. The van der Waals surface area contributed by atoms with Gasteiger partial charge >= 0.3 is 6.03 Å². The summed E-state index contributed by atoms with van der Waals surface area (Å²) in [7, 11) is 0. The van der Waals surface area contributed by atoms with Gasteiger partial charge in [0, 0.05) is 25.2 Å². The van der Waals surface area contributed by atoms with Crippen molar-refractivity contribution in [3.05, 3.63) is 36.3 Å². The third-order valence-corrected chi connectivity index (χ3v) is 4.25. The molecule has 0 bridgehead atoms. The van der Waals surface area contributed by atoms with Crippen LogP contribution < -0.4 is 21.8 Å². The quantitative estimate of drug-likeness (QED) is 0.267. The Bertz CT molecular complexity index is 848. The van der Waals surface area contributed by atoms with Gasteiger partial charge in [-0.3, -0.25) is 24.6 Å². The molecule has 1 fully saturated rings. The highest BCUT2D eigenvalue weighted by Gasteiger charge is 2.24. The van der Waals surface area contributed by atoms with E-state index in [-0.39, 0.29) is 6.54 Å². The number of carbonyl (C=O) groups is 5. The maximum absolute atomic E-state index is 12.4. The number of carbonyl (C=O) groups excluding carboxylic acids is 5. The van der Waals surface area contributed by atoms with Crippen molar-refractivity contribution in [2.75, 3.05) is 32.8 Å². The van der Waals surface area contributed by atoms with Crippen LogP contribution in [-0.2, 0) is 30.5 Å². The van der Waals surface area contributed by atoms with Crippen LogP contribution in [0.1, 0.15) is 12.7 Å². The monoisotopic (exact) mass is 450 g/mol. The molecule has 1 aliphatic rings. The Morgan fingerprint density at radius 1 is 1.22 bits per heavy atom. The number of hydrogen-bond donors (Lipinski definition) is 4. The van der Waals surface area contributed by atoms with Crippen LogP contribution in [-0.4, -0.2) is 78.5 Å². The number of urea groups is 1. The first-order valence-corrected chi connectivity index (χ1v) is 9.78. The lowest BCUT2D eigenvalue weighted by atomic mass is 10.3. The van der Waals surface area contributed by atoms with Crippen molar-refractivity contribution in [2.45, 2.75) is 19.5 Å². The first-order chi connectivity index (χ1) is 15.3. The number of furan rings is 1. The van der Waals surface area contributed by atoms with Gasteiger partial charge in [-0.15, -0.1) is 0 Å². The largest absolute Gasteiger partial charge is 0.467 e. The molecule has 1 aliphatic heterocycles. The van der Waals surface area contributed by atoms with Gasteiger partial charge in [-0.05, 0) is 19.1 Å². The van der Waals surface area contributed by atoms with Crippen LogP contribution in [0.15, 0.2) is 35.0 Å². The van der Waals surface area contributed by atoms with Gasteiger partial charge < -0.3 is 30.4 Å². The second kappa shape index (κ2) is 12.1. The molecule has 2 heterocycles. The first-order valence-electron chi connectivity index (χ1n) is 9.78. The van der Waals surface area contributed by atoms with E-state index in [0.29, 0.717) is 37.1 Å². The van der Waals surface area contributed by atoms with Crippen molar-refractivity contribution in [1.29, 1.82) is 0 Å². The fourth-order valence-corrected chi connectivity index (χ4v) is 2.55. The van der Waals surface area contributed by atoms with Crippen molar-refractivity contribution in [3.63, 3.8) is 0 Å². The highest BCUT2D eigenvalue weighted by Crippen LogP contribution is 2.00. The van der Waals surface area contributed by atoms with E-state index in [1.165, 1.54) is 18.1 Å². The number of nitrogens with zero attached hydrogens (tertiary/aromatic N) is 2. The molecule has 6 amide bonds. The SMILES string of the molecule is C[C@H](NC(=O)N1CCOCC1)C(=O)NN(CC(N)=O)C(=O)/C=C/C(=O)NCc1ccco1. The first kappa shape index (κ1) is 24.4. The molecule has 1 aromatic heterocycles. The van der Waals surface area contributed by atoms with E-state index in [9.17, 15) is 24.0 Å². The standard InChI is InChI=1S/C19H26N6O7/c1-13(22-19(30)24-6-9-31-10-7-24)18(29)23-25(12-15(20)26)17(28)5-4-16(27)21-11-14-3-2-8-32-14/h2-5,8,13H,6-7,9-12H2,1H3,(H2,20,26)(H,21,27)(H,22,30)(H,23,29)/b5-4+/t13-/m0/s1. The van der Waals surface area contributed by atoms with E-state index < -0.39 is 42.2 Å². The van der Waals surface area contributed by atoms with Gasteiger partial charge in [0.25, 0.3) is 11.8 Å². The van der Waals surface area contributed by atoms with Crippen LogP contribution in [0.4, 0.5) is 4.79 Å². The van der Waals surface area contributed by atoms with Gasteiger partial charge in [0.05, 0.1) is 26.0 Å². The summed E-state index contributed by atoms with van der Waals surface area (Å²) in [6.07, 6.45) is 3.27. The Balaban J connectivity index is 1.88. The van der Waals surface area contributed by atoms with Gasteiger partial charge in [-0.2, -0.15) is 0 Å². The van der Waals surface area contributed by atoms with Gasteiger partial charge in [0.15, 0.2) is 0 Å². The molecule has 13 heteroatoms. The molecule has 1 atom stereocenters. The van der Waals surface area contributed by atoms with Crippen LogP contribution in [0, 0.1) is 0 Å². The summed E-state index contributed by atoms with van der Waals surface area (Å²) in [6, 6.07) is 1.85. The fraction of sp³-hybridized carbons (Fsp3) is 0.421. The van der Waals surface area contributed by atoms with Crippen LogP contribution in [0.3, 0.4) is 0 Å². The number of nitrogens with two attached hydrogens (primary N) is 1. The third-order valence-electron chi connectivity index (χ3n) is 4.25. The molecule has 1 saturated heterocycles. The number of morpholine rings is 1. The van der Waals surface area contributed by atoms with Gasteiger partial charge in [0.1, 0.15) is 18.3 Å². The van der Waals surface area contributed by atoms with Crippen molar-refractivity contribution >= 4 is 29.7 Å². The molecule has 0 spiro atoms. The number of amides is 6. The summed E-state index contributed by atoms with van der Waals surface area (Å²) >= 11 is 0. The van der Waals surface area contributed by atoms with Crippen LogP contribution in [0.5, 0.6) is 0 Å². The molecule has 1 aromatic rings. The van der Waals surface area contributed by atoms with Crippen molar-refractivity contribution < 1.29 is 33.1 Å². The molecule has 174 valence electrons. The number of rotatable bonds is 8. The van der Waals surface area contributed by atoms with Gasteiger partial charge in [-0.1, -0.05) is 0 Å². The van der Waals surface area contributed by atoms with E-state index in [4.69, 9.17) is 14.9 Å². The lowest BCUT2D eigenvalue weighted by Crippen LogP contribution is -2.57. The molecular formula is C19H26N6O7. The van der Waals surface area contributed by atoms with E-state index >= 15 is 0 Å². The summed E-state index contributed by atoms with van der Waals surface area (Å²) in [5.74, 6) is -2.58. The molecular weight excluding hydrogens is 424 g/mol. The Morgan fingerprint density at radius 3 is 2.56 bits per heavy atom. The highest BCUT2D eigenvalue weighted by atomic mass is 16.5. The average Bonchev–Trinajstić information content (AvgIpc) is 3.29. The normalized spacial score (nSPS) is 14.5. The number of nitrogens with one attached hydrogen (secondary N) is 3. The highest BCUT2D eigenvalue weighted by molar-refractivity contribution is 5.99. The summed E-state index contributed by atoms with van der Waals surface area (Å²) in [6.45, 7) is 2.48. The Hall–Kier alpha value is -3.87. The van der Waals surface area contributed by atoms with E-state index in [1.54, 1.807) is 12.1 Å². The fourth-order valence-electron chi connectivity index (χ4n) is 2.55. The number of hydrazine groups is 1. The molecule has 0 aliphatic carbocycles. The predicted octanol–water partition coefficient (Wildman–Crippen LogP) is -1.77. The van der Waals surface area contributed by atoms with Gasteiger partial charge in [0.2, 0.25) is 11.8 Å². The van der Waals surface area contributed by atoms with Crippen molar-refractivity contribution in [3.8, 4) is 0 Å². The minimum Gasteiger partial charge on any atom is -0.467 e. The predicted molar refractivity (Wildman–Crippen MR) is 109 cm³/mol. The zero-order valence-corrected chi connectivity index (χ0v) is 17.5. The maximum Gasteiger partial charge on any atom is 0.318 e. The molecule has 0 radical (unpaired) electrons. The second-order valence-corrected chi connectivity index (χ2v) is 6.77. The molecule has 0 unspecified atom stereocenters. The number of ether oxygens (including phenoxy) is 1. The molecule has 13 nitrogen and oxygen atoms in total. The minimum absolute atomic E-state index is 0.118. The second-order valence-electron chi connectivity index (χ2n) is 6.77. The average molecular weight is 450 g/mol. The van der Waals surface area contributed by atoms with Gasteiger partial charge in [-0.25, -0.2) is 9.80 Å². The molecule has 2 rings (SSSR count). The summed E-state index contributed by atoms with van der Waals surface area (Å²) in [4.78, 5) is 61.6. The van der Waals surface area contributed by atoms with Crippen molar-refractivity contribution in [1.82, 2.24) is 26.0 Å². The zero-order chi connectivity index (χ0) is 23.5. The minimum atomic E-state index is -1.02. The Morgan fingerprint density at radius 2 is 1.94 bits per heavy atom. The lowest BCUT2D eigenvalue weighted by Gasteiger charge is -2.29. The summed E-state index contributed by atoms with van der Waals surface area (Å²) in [5, 5.41) is 5.65. The van der Waals surface area contributed by atoms with Crippen LogP contribution in [0.2, 0.25) is 0 Å². The Labute approximate surface area is 183 Å². The number of hydrogen-bond acceptors (Lipinski definition) is 7. The molecule has 0 saturated carbocycles. The number of primary amides is 1. The molecule has 5 N–H and O–H groups in total. The smallest absolute Gasteiger partial charge is 0.318 e. The van der Waals surface area contributed by atoms with E-state index in [0.717, 1.165) is 12.2 Å². The maximum atomic E-state index is 12.4. The zero-order valence-electron chi connectivity index (χ0n) is 17.5. The van der Waals surface area contributed by atoms with E-state index in [1.807, 2.05) is 0 Å². The summed E-state index contributed by atoms with van der Waals surface area (Å²) < 4.78 is 10.2. The third kappa shape index (κ3) is 8.10. The van der Waals surface area contributed by atoms with E-state index in [2.05, 4.69) is 16.1 Å².